The lowest BCUT2D eigenvalue weighted by molar-refractivity contribution is 0.0994. The van der Waals surface area contributed by atoms with Gasteiger partial charge >= 0.3 is 0 Å². The van der Waals surface area contributed by atoms with Gasteiger partial charge in [0.2, 0.25) is 0 Å². The van der Waals surface area contributed by atoms with Crippen molar-refractivity contribution in [2.24, 2.45) is 0 Å². The molecule has 0 radical (unpaired) electrons. The van der Waals surface area contributed by atoms with Crippen LogP contribution in [0.3, 0.4) is 0 Å². The highest BCUT2D eigenvalue weighted by molar-refractivity contribution is 9.10. The number of thiophene rings is 1. The van der Waals surface area contributed by atoms with E-state index in [1.54, 1.807) is 23.5 Å². The Morgan fingerprint density at radius 1 is 1.38 bits per heavy atom. The van der Waals surface area contributed by atoms with Gasteiger partial charge in [-0.2, -0.15) is 11.3 Å². The summed E-state index contributed by atoms with van der Waals surface area (Å²) in [7, 11) is 0. The SMILES string of the molecule is Nc1ccc(Br)cc1C(=O)Cc1ccsc1. The molecular formula is C12H10BrNOS. The number of carbonyl (C=O) groups excluding carboxylic acids is 1. The Bertz CT molecular complexity index is 508. The highest BCUT2D eigenvalue weighted by Gasteiger charge is 2.11. The number of nitrogens with two attached hydrogens (primary N) is 1. The number of nitrogen functional groups attached to an aromatic ring is 1. The number of benzene rings is 1. The van der Waals surface area contributed by atoms with Crippen LogP contribution in [0.15, 0.2) is 39.5 Å². The molecule has 0 saturated heterocycles. The highest BCUT2D eigenvalue weighted by Crippen LogP contribution is 2.20. The standard InChI is InChI=1S/C12H10BrNOS/c13-9-1-2-11(14)10(6-9)12(15)5-8-3-4-16-7-8/h1-4,6-7H,5,14H2. The number of rotatable bonds is 3. The highest BCUT2D eigenvalue weighted by atomic mass is 79.9. The molecule has 0 unspecified atom stereocenters. The lowest BCUT2D eigenvalue weighted by atomic mass is 10.0. The van der Waals surface area contributed by atoms with E-state index in [0.29, 0.717) is 17.7 Å². The number of halogens is 1. The average Bonchev–Trinajstić information content (AvgIpc) is 2.74. The fourth-order valence-corrected chi connectivity index (χ4v) is 2.47. The molecule has 1 aromatic carbocycles. The number of hydrogen-bond acceptors (Lipinski definition) is 3. The number of Topliss-reactive ketones (excluding diaryl/α,β-unsaturated/α-hetero) is 1. The fourth-order valence-electron chi connectivity index (χ4n) is 1.44. The molecule has 2 N–H and O–H groups in total. The van der Waals surface area contributed by atoms with Crippen molar-refractivity contribution >= 4 is 38.7 Å². The fraction of sp³-hybridized carbons (Fsp3) is 0.0833. The second kappa shape index (κ2) is 4.80. The van der Waals surface area contributed by atoms with E-state index in [1.807, 2.05) is 22.9 Å². The summed E-state index contributed by atoms with van der Waals surface area (Å²) < 4.78 is 0.871. The molecule has 0 bridgehead atoms. The van der Waals surface area contributed by atoms with Gasteiger partial charge in [-0.1, -0.05) is 15.9 Å². The van der Waals surface area contributed by atoms with Gasteiger partial charge in [-0.15, -0.1) is 0 Å². The van der Waals surface area contributed by atoms with Gasteiger partial charge in [0.1, 0.15) is 0 Å². The molecule has 0 aliphatic carbocycles. The second-order valence-electron chi connectivity index (χ2n) is 3.46. The molecule has 2 aromatic rings. The number of carbonyl (C=O) groups is 1. The molecule has 16 heavy (non-hydrogen) atoms. The summed E-state index contributed by atoms with van der Waals surface area (Å²) in [5.74, 6) is 0.0530. The normalized spacial score (nSPS) is 10.3. The maximum Gasteiger partial charge on any atom is 0.169 e. The Morgan fingerprint density at radius 3 is 2.88 bits per heavy atom. The first-order chi connectivity index (χ1) is 7.66. The Morgan fingerprint density at radius 2 is 2.19 bits per heavy atom. The van der Waals surface area contributed by atoms with Crippen LogP contribution in [0, 0.1) is 0 Å². The zero-order chi connectivity index (χ0) is 11.5. The van der Waals surface area contributed by atoms with E-state index in [0.717, 1.165) is 10.0 Å². The van der Waals surface area contributed by atoms with Crippen molar-refractivity contribution in [3.05, 3.63) is 50.6 Å². The Kier molecular flexibility index (Phi) is 3.41. The molecule has 1 aromatic heterocycles. The topological polar surface area (TPSA) is 43.1 Å². The molecule has 0 aliphatic rings. The summed E-state index contributed by atoms with van der Waals surface area (Å²) in [6.45, 7) is 0. The van der Waals surface area contributed by atoms with Gasteiger partial charge in [-0.25, -0.2) is 0 Å². The zero-order valence-corrected chi connectivity index (χ0v) is 10.8. The van der Waals surface area contributed by atoms with Crippen LogP contribution in [0.5, 0.6) is 0 Å². The molecule has 0 saturated carbocycles. The summed E-state index contributed by atoms with van der Waals surface area (Å²) in [5, 5.41) is 3.94. The van der Waals surface area contributed by atoms with Gasteiger partial charge in [0, 0.05) is 22.1 Å². The first kappa shape index (κ1) is 11.4. The van der Waals surface area contributed by atoms with E-state index in [9.17, 15) is 4.79 Å². The van der Waals surface area contributed by atoms with E-state index in [2.05, 4.69) is 15.9 Å². The van der Waals surface area contributed by atoms with Crippen molar-refractivity contribution in [3.8, 4) is 0 Å². The average molecular weight is 296 g/mol. The van der Waals surface area contributed by atoms with Crippen LogP contribution in [-0.4, -0.2) is 5.78 Å². The molecule has 0 aliphatic heterocycles. The Labute approximate surface area is 106 Å². The van der Waals surface area contributed by atoms with E-state index >= 15 is 0 Å². The van der Waals surface area contributed by atoms with Crippen LogP contribution in [0.25, 0.3) is 0 Å². The second-order valence-corrected chi connectivity index (χ2v) is 5.16. The van der Waals surface area contributed by atoms with Crippen LogP contribution in [0.1, 0.15) is 15.9 Å². The maximum absolute atomic E-state index is 12.0. The van der Waals surface area contributed by atoms with Gasteiger partial charge in [0.05, 0.1) is 0 Å². The third-order valence-corrected chi connectivity index (χ3v) is 3.49. The minimum absolute atomic E-state index is 0.0530. The minimum atomic E-state index is 0.0530. The van der Waals surface area contributed by atoms with Crippen molar-refractivity contribution in [1.82, 2.24) is 0 Å². The molecule has 0 spiro atoms. The molecule has 0 atom stereocenters. The first-order valence-electron chi connectivity index (χ1n) is 4.76. The number of ketones is 1. The van der Waals surface area contributed by atoms with Gasteiger partial charge < -0.3 is 5.73 Å². The molecule has 2 rings (SSSR count). The molecule has 0 amide bonds. The van der Waals surface area contributed by atoms with E-state index in [1.165, 1.54) is 0 Å². The summed E-state index contributed by atoms with van der Waals surface area (Å²) in [6.07, 6.45) is 0.407. The van der Waals surface area contributed by atoms with E-state index < -0.39 is 0 Å². The van der Waals surface area contributed by atoms with Gasteiger partial charge in [0.15, 0.2) is 5.78 Å². The van der Waals surface area contributed by atoms with Crippen molar-refractivity contribution < 1.29 is 4.79 Å². The van der Waals surface area contributed by atoms with Gasteiger partial charge in [0.25, 0.3) is 0 Å². The molecule has 82 valence electrons. The van der Waals surface area contributed by atoms with Crippen molar-refractivity contribution in [1.29, 1.82) is 0 Å². The van der Waals surface area contributed by atoms with E-state index in [-0.39, 0.29) is 5.78 Å². The Balaban J connectivity index is 2.24. The molecule has 4 heteroatoms. The lowest BCUT2D eigenvalue weighted by Gasteiger charge is -2.04. The summed E-state index contributed by atoms with van der Waals surface area (Å²) in [5.41, 5.74) is 7.93. The summed E-state index contributed by atoms with van der Waals surface area (Å²) >= 11 is 4.93. The predicted octanol–water partition coefficient (Wildman–Crippen LogP) is 3.52. The zero-order valence-electron chi connectivity index (χ0n) is 8.44. The number of hydrogen-bond donors (Lipinski definition) is 1. The van der Waals surface area contributed by atoms with Crippen LogP contribution in [0.4, 0.5) is 5.69 Å². The smallest absolute Gasteiger partial charge is 0.169 e. The summed E-state index contributed by atoms with van der Waals surface area (Å²) in [4.78, 5) is 12.0. The lowest BCUT2D eigenvalue weighted by Crippen LogP contribution is -2.06. The summed E-state index contributed by atoms with van der Waals surface area (Å²) in [6, 6.07) is 7.29. The largest absolute Gasteiger partial charge is 0.398 e. The Hall–Kier alpha value is -1.13. The maximum atomic E-state index is 12.0. The first-order valence-corrected chi connectivity index (χ1v) is 6.49. The molecule has 0 fully saturated rings. The van der Waals surface area contributed by atoms with Gasteiger partial charge in [-0.05, 0) is 40.6 Å². The van der Waals surface area contributed by atoms with Crippen molar-refractivity contribution in [2.45, 2.75) is 6.42 Å². The van der Waals surface area contributed by atoms with Crippen LogP contribution in [0.2, 0.25) is 0 Å². The van der Waals surface area contributed by atoms with Crippen molar-refractivity contribution in [3.63, 3.8) is 0 Å². The predicted molar refractivity (Wildman–Crippen MR) is 70.9 cm³/mol. The molecular weight excluding hydrogens is 286 g/mol. The van der Waals surface area contributed by atoms with Crippen LogP contribution in [-0.2, 0) is 6.42 Å². The van der Waals surface area contributed by atoms with Crippen LogP contribution < -0.4 is 5.73 Å². The molecule has 1 heterocycles. The monoisotopic (exact) mass is 295 g/mol. The third-order valence-electron chi connectivity index (χ3n) is 2.26. The molecule has 2 nitrogen and oxygen atoms in total. The van der Waals surface area contributed by atoms with E-state index in [4.69, 9.17) is 5.73 Å². The van der Waals surface area contributed by atoms with Crippen LogP contribution >= 0.6 is 27.3 Å². The number of anilines is 1. The minimum Gasteiger partial charge on any atom is -0.398 e. The third kappa shape index (κ3) is 2.51. The van der Waals surface area contributed by atoms with Gasteiger partial charge in [-0.3, -0.25) is 4.79 Å². The quantitative estimate of drug-likeness (QED) is 0.695. The van der Waals surface area contributed by atoms with Crippen molar-refractivity contribution in [2.75, 3.05) is 5.73 Å².